The lowest BCUT2D eigenvalue weighted by Crippen LogP contribution is -2.12. The van der Waals surface area contributed by atoms with E-state index in [1.165, 1.54) is 6.20 Å². The Balaban J connectivity index is 2.16. The van der Waals surface area contributed by atoms with Gasteiger partial charge in [0.25, 0.3) is 5.91 Å². The highest BCUT2D eigenvalue weighted by molar-refractivity contribution is 9.10. The molecule has 0 aliphatic carbocycles. The Kier molecular flexibility index (Phi) is 4.07. The highest BCUT2D eigenvalue weighted by Gasteiger charge is 2.07. The molecule has 0 spiro atoms. The van der Waals surface area contributed by atoms with E-state index in [1.807, 2.05) is 18.2 Å². The summed E-state index contributed by atoms with van der Waals surface area (Å²) in [4.78, 5) is 15.9. The average molecular weight is 307 g/mol. The number of pyridine rings is 1. The van der Waals surface area contributed by atoms with E-state index in [0.717, 1.165) is 4.47 Å². The SMILES string of the molecule is O=C(Nc1cccc(Br)c1)c1ccnc(CO)c1. The first-order valence-electron chi connectivity index (χ1n) is 5.32. The summed E-state index contributed by atoms with van der Waals surface area (Å²) in [5, 5.41) is 11.7. The summed E-state index contributed by atoms with van der Waals surface area (Å²) < 4.78 is 0.895. The van der Waals surface area contributed by atoms with Crippen LogP contribution in [0.4, 0.5) is 5.69 Å². The fourth-order valence-electron chi connectivity index (χ4n) is 1.48. The van der Waals surface area contributed by atoms with Gasteiger partial charge in [0.2, 0.25) is 0 Å². The molecule has 0 atom stereocenters. The number of nitrogens with zero attached hydrogens (tertiary/aromatic N) is 1. The molecule has 4 nitrogen and oxygen atoms in total. The van der Waals surface area contributed by atoms with Crippen LogP contribution in [0.15, 0.2) is 47.1 Å². The molecule has 0 aliphatic rings. The van der Waals surface area contributed by atoms with Gasteiger partial charge in [-0.1, -0.05) is 22.0 Å². The predicted octanol–water partition coefficient (Wildman–Crippen LogP) is 2.59. The third kappa shape index (κ3) is 3.15. The molecule has 0 fully saturated rings. The van der Waals surface area contributed by atoms with Crippen molar-refractivity contribution in [3.8, 4) is 0 Å². The van der Waals surface area contributed by atoms with Crippen LogP contribution >= 0.6 is 15.9 Å². The normalized spacial score (nSPS) is 10.1. The fourth-order valence-corrected chi connectivity index (χ4v) is 1.87. The topological polar surface area (TPSA) is 62.2 Å². The molecule has 0 saturated heterocycles. The number of amides is 1. The summed E-state index contributed by atoms with van der Waals surface area (Å²) in [5.74, 6) is -0.231. The summed E-state index contributed by atoms with van der Waals surface area (Å²) in [5.41, 5.74) is 1.64. The average Bonchev–Trinajstić information content (AvgIpc) is 2.39. The lowest BCUT2D eigenvalue weighted by atomic mass is 10.2. The maximum atomic E-state index is 12.0. The first kappa shape index (κ1) is 12.7. The first-order valence-corrected chi connectivity index (χ1v) is 6.11. The van der Waals surface area contributed by atoms with Crippen molar-refractivity contribution < 1.29 is 9.90 Å². The zero-order chi connectivity index (χ0) is 13.0. The molecule has 0 aliphatic heterocycles. The minimum atomic E-state index is -0.231. The first-order chi connectivity index (χ1) is 8.69. The molecule has 2 N–H and O–H groups in total. The molecule has 2 aromatic rings. The molecular weight excluding hydrogens is 296 g/mol. The number of carbonyl (C=O) groups excluding carboxylic acids is 1. The van der Waals surface area contributed by atoms with Crippen LogP contribution in [-0.2, 0) is 6.61 Å². The van der Waals surface area contributed by atoms with Gasteiger partial charge in [-0.15, -0.1) is 0 Å². The molecule has 0 radical (unpaired) electrons. The van der Waals surface area contributed by atoms with Crippen molar-refractivity contribution in [1.29, 1.82) is 0 Å². The zero-order valence-corrected chi connectivity index (χ0v) is 11.0. The number of aromatic nitrogens is 1. The van der Waals surface area contributed by atoms with Gasteiger partial charge in [-0.2, -0.15) is 0 Å². The number of benzene rings is 1. The van der Waals surface area contributed by atoms with E-state index in [9.17, 15) is 4.79 Å². The summed E-state index contributed by atoms with van der Waals surface area (Å²) in [6, 6.07) is 10.5. The van der Waals surface area contributed by atoms with E-state index in [1.54, 1.807) is 18.2 Å². The third-order valence-electron chi connectivity index (χ3n) is 2.32. The Morgan fingerprint density at radius 2 is 2.17 bits per heavy atom. The van der Waals surface area contributed by atoms with Crippen molar-refractivity contribution in [2.45, 2.75) is 6.61 Å². The number of carbonyl (C=O) groups is 1. The summed E-state index contributed by atoms with van der Waals surface area (Å²) in [6.45, 7) is -0.183. The maximum absolute atomic E-state index is 12.0. The number of anilines is 1. The molecule has 1 aromatic carbocycles. The van der Waals surface area contributed by atoms with E-state index in [-0.39, 0.29) is 12.5 Å². The molecular formula is C13H11BrN2O2. The summed E-state index contributed by atoms with van der Waals surface area (Å²) >= 11 is 3.34. The zero-order valence-electron chi connectivity index (χ0n) is 9.43. The second-order valence-electron chi connectivity index (χ2n) is 3.66. The number of nitrogens with one attached hydrogen (secondary N) is 1. The molecule has 5 heteroatoms. The van der Waals surface area contributed by atoms with Crippen molar-refractivity contribution in [2.24, 2.45) is 0 Å². The molecule has 0 unspecified atom stereocenters. The van der Waals surface area contributed by atoms with Crippen molar-refractivity contribution >= 4 is 27.5 Å². The smallest absolute Gasteiger partial charge is 0.255 e. The lowest BCUT2D eigenvalue weighted by molar-refractivity contribution is 0.102. The predicted molar refractivity (Wildman–Crippen MR) is 72.3 cm³/mol. The van der Waals surface area contributed by atoms with Crippen molar-refractivity contribution in [3.05, 3.63) is 58.3 Å². The molecule has 0 saturated carbocycles. The van der Waals surface area contributed by atoms with Gasteiger partial charge in [0.1, 0.15) is 0 Å². The molecule has 18 heavy (non-hydrogen) atoms. The second kappa shape index (κ2) is 5.75. The van der Waals surface area contributed by atoms with Gasteiger partial charge >= 0.3 is 0 Å². The fraction of sp³-hybridized carbons (Fsp3) is 0.0769. The van der Waals surface area contributed by atoms with Crippen LogP contribution in [0, 0.1) is 0 Å². The largest absolute Gasteiger partial charge is 0.390 e. The van der Waals surface area contributed by atoms with Crippen LogP contribution < -0.4 is 5.32 Å². The van der Waals surface area contributed by atoms with Crippen LogP contribution in [0.5, 0.6) is 0 Å². The monoisotopic (exact) mass is 306 g/mol. The van der Waals surface area contributed by atoms with Crippen molar-refractivity contribution in [1.82, 2.24) is 4.98 Å². The van der Waals surface area contributed by atoms with Crippen LogP contribution in [0.25, 0.3) is 0 Å². The third-order valence-corrected chi connectivity index (χ3v) is 2.82. The van der Waals surface area contributed by atoms with Gasteiger partial charge in [0.05, 0.1) is 12.3 Å². The summed E-state index contributed by atoms with van der Waals surface area (Å²) in [7, 11) is 0. The Morgan fingerprint density at radius 1 is 1.33 bits per heavy atom. The Bertz CT molecular complexity index is 572. The van der Waals surface area contributed by atoms with Crippen molar-refractivity contribution in [3.63, 3.8) is 0 Å². The van der Waals surface area contributed by atoms with E-state index < -0.39 is 0 Å². The van der Waals surface area contributed by atoms with E-state index in [2.05, 4.69) is 26.2 Å². The Labute approximate surface area is 113 Å². The summed E-state index contributed by atoms with van der Waals surface area (Å²) in [6.07, 6.45) is 1.50. The molecule has 1 aromatic heterocycles. The molecule has 0 bridgehead atoms. The van der Waals surface area contributed by atoms with E-state index in [4.69, 9.17) is 5.11 Å². The van der Waals surface area contributed by atoms with E-state index in [0.29, 0.717) is 16.9 Å². The minimum absolute atomic E-state index is 0.183. The van der Waals surface area contributed by atoms with Gasteiger partial charge in [-0.25, -0.2) is 0 Å². The van der Waals surface area contributed by atoms with Gasteiger partial charge in [0.15, 0.2) is 0 Å². The molecule has 2 rings (SSSR count). The number of aliphatic hydroxyl groups is 1. The number of rotatable bonds is 3. The van der Waals surface area contributed by atoms with Crippen LogP contribution in [0.3, 0.4) is 0 Å². The Hall–Kier alpha value is -1.72. The van der Waals surface area contributed by atoms with E-state index >= 15 is 0 Å². The number of hydrogen-bond donors (Lipinski definition) is 2. The highest BCUT2D eigenvalue weighted by atomic mass is 79.9. The number of hydrogen-bond acceptors (Lipinski definition) is 3. The van der Waals surface area contributed by atoms with Crippen LogP contribution in [0.1, 0.15) is 16.1 Å². The van der Waals surface area contributed by atoms with Crippen LogP contribution in [-0.4, -0.2) is 16.0 Å². The second-order valence-corrected chi connectivity index (χ2v) is 4.57. The standard InChI is InChI=1S/C13H11BrN2O2/c14-10-2-1-3-11(7-10)16-13(18)9-4-5-15-12(6-9)8-17/h1-7,17H,8H2,(H,16,18). The van der Waals surface area contributed by atoms with Crippen LogP contribution in [0.2, 0.25) is 0 Å². The number of halogens is 1. The molecule has 1 amide bonds. The Morgan fingerprint density at radius 3 is 2.89 bits per heavy atom. The maximum Gasteiger partial charge on any atom is 0.255 e. The van der Waals surface area contributed by atoms with Crippen molar-refractivity contribution in [2.75, 3.05) is 5.32 Å². The molecule has 92 valence electrons. The molecule has 1 heterocycles. The highest BCUT2D eigenvalue weighted by Crippen LogP contribution is 2.16. The quantitative estimate of drug-likeness (QED) is 0.916. The van der Waals surface area contributed by atoms with Gasteiger partial charge < -0.3 is 10.4 Å². The van der Waals surface area contributed by atoms with Gasteiger partial charge in [0, 0.05) is 21.9 Å². The van der Waals surface area contributed by atoms with Gasteiger partial charge in [-0.05, 0) is 30.3 Å². The number of aliphatic hydroxyl groups excluding tert-OH is 1. The minimum Gasteiger partial charge on any atom is -0.390 e. The van der Waals surface area contributed by atoms with Gasteiger partial charge in [-0.3, -0.25) is 9.78 Å². The lowest BCUT2D eigenvalue weighted by Gasteiger charge is -2.06.